The van der Waals surface area contributed by atoms with Crippen LogP contribution >= 0.6 is 0 Å². The smallest absolute Gasteiger partial charge is 0.228 e. The van der Waals surface area contributed by atoms with Crippen LogP contribution in [-0.2, 0) is 26.3 Å². The Balaban J connectivity index is 1.87. The molecule has 1 saturated heterocycles. The average Bonchev–Trinajstić information content (AvgIpc) is 2.81. The Morgan fingerprint density at radius 3 is 2.27 bits per heavy atom. The van der Waals surface area contributed by atoms with E-state index in [2.05, 4.69) is 0 Å². The van der Waals surface area contributed by atoms with E-state index in [0.717, 1.165) is 17.5 Å². The molecule has 2 aromatic carbocycles. The molecule has 0 aliphatic carbocycles. The van der Waals surface area contributed by atoms with Crippen LogP contribution in [0.2, 0.25) is 0 Å². The number of hydrogen-bond acceptors (Lipinski definition) is 4. The van der Waals surface area contributed by atoms with E-state index in [1.54, 1.807) is 48.5 Å². The van der Waals surface area contributed by atoms with Crippen LogP contribution in [0.3, 0.4) is 0 Å². The third-order valence-corrected chi connectivity index (χ3v) is 8.88. The number of benzene rings is 2. The Hall–Kier alpha value is -1.70. The molecule has 5 nitrogen and oxygen atoms in total. The number of sulfonamides is 1. The van der Waals surface area contributed by atoms with Crippen LogP contribution in [0.1, 0.15) is 29.7 Å². The number of rotatable bonds is 4. The minimum absolute atomic E-state index is 0.0104. The number of hydrogen-bond donors (Lipinski definition) is 0. The maximum Gasteiger partial charge on any atom is 0.243 e. The van der Waals surface area contributed by atoms with Crippen molar-refractivity contribution in [2.24, 2.45) is 0 Å². The maximum absolute atomic E-state index is 12.9. The third-order valence-electron chi connectivity index (χ3n) is 4.84. The van der Waals surface area contributed by atoms with Gasteiger partial charge < -0.3 is 0 Å². The Morgan fingerprint density at radius 1 is 1.00 bits per heavy atom. The van der Waals surface area contributed by atoms with Gasteiger partial charge in [0.05, 0.1) is 15.9 Å². The molecule has 7 heteroatoms. The fraction of sp³-hybridized carbons (Fsp3) is 0.368. The molecule has 0 radical (unpaired) electrons. The first-order chi connectivity index (χ1) is 12.3. The van der Waals surface area contributed by atoms with Crippen LogP contribution in [0.5, 0.6) is 0 Å². The number of nitrogens with zero attached hydrogens (tertiary/aromatic N) is 1. The summed E-state index contributed by atoms with van der Waals surface area (Å²) in [6, 6.07) is 15.8. The molecule has 1 fully saturated rings. The van der Waals surface area contributed by atoms with Crippen molar-refractivity contribution in [3.63, 3.8) is 0 Å². The van der Waals surface area contributed by atoms with Gasteiger partial charge in [0.2, 0.25) is 10.0 Å². The zero-order chi connectivity index (χ0) is 18.8. The molecule has 1 aliphatic rings. The van der Waals surface area contributed by atoms with Gasteiger partial charge in [-0.15, -0.1) is 0 Å². The minimum Gasteiger partial charge on any atom is -0.228 e. The summed E-state index contributed by atoms with van der Waals surface area (Å²) >= 11 is 0. The van der Waals surface area contributed by atoms with Gasteiger partial charge in [0.25, 0.3) is 0 Å². The van der Waals surface area contributed by atoms with Crippen molar-refractivity contribution in [1.29, 1.82) is 0 Å². The molecule has 1 aliphatic heterocycles. The molecule has 140 valence electrons. The van der Waals surface area contributed by atoms with E-state index in [-0.39, 0.29) is 30.2 Å². The summed E-state index contributed by atoms with van der Waals surface area (Å²) < 4.78 is 52.5. The predicted molar refractivity (Wildman–Crippen MR) is 102 cm³/mol. The fourth-order valence-corrected chi connectivity index (χ4v) is 6.62. The Kier molecular flexibility index (Phi) is 5.50. The van der Waals surface area contributed by atoms with Crippen molar-refractivity contribution in [2.45, 2.75) is 29.9 Å². The molecule has 1 heterocycles. The van der Waals surface area contributed by atoms with E-state index < -0.39 is 25.1 Å². The highest BCUT2D eigenvalue weighted by molar-refractivity contribution is 7.92. The lowest BCUT2D eigenvalue weighted by atomic mass is 10.1. The Morgan fingerprint density at radius 2 is 1.65 bits per heavy atom. The summed E-state index contributed by atoms with van der Waals surface area (Å²) in [7, 11) is -7.10. The van der Waals surface area contributed by atoms with Gasteiger partial charge in [-0.05, 0) is 36.1 Å². The van der Waals surface area contributed by atoms with Crippen molar-refractivity contribution < 1.29 is 16.8 Å². The molecule has 0 amide bonds. The van der Waals surface area contributed by atoms with Crippen LogP contribution in [0.15, 0.2) is 59.5 Å². The average molecular weight is 394 g/mol. The van der Waals surface area contributed by atoms with Crippen LogP contribution in [0, 0.1) is 0 Å². The lowest BCUT2D eigenvalue weighted by molar-refractivity contribution is 0.428. The third kappa shape index (κ3) is 3.84. The molecule has 0 N–H and O–H groups in total. The summed E-state index contributed by atoms with van der Waals surface area (Å²) in [5.74, 6) is -0.168. The normalized spacial score (nSPS) is 21.2. The number of sulfone groups is 1. The second kappa shape index (κ2) is 7.50. The Labute approximate surface area is 155 Å². The second-order valence-electron chi connectivity index (χ2n) is 6.46. The second-order valence-corrected chi connectivity index (χ2v) is 10.7. The first-order valence-electron chi connectivity index (χ1n) is 8.70. The zero-order valence-electron chi connectivity index (χ0n) is 14.7. The van der Waals surface area contributed by atoms with Crippen LogP contribution in [-0.4, -0.2) is 40.0 Å². The monoisotopic (exact) mass is 393 g/mol. The molecule has 1 unspecified atom stereocenters. The standard InChI is InChI=1S/C19H23NO4S2/c1-2-16-8-10-18(11-9-16)26(23,24)20-13-12-19(25(21,22)15-14-20)17-6-4-3-5-7-17/h3-11,19H,2,12-15H2,1H3. The summed E-state index contributed by atoms with van der Waals surface area (Å²) in [6.07, 6.45) is 1.10. The molecular weight excluding hydrogens is 370 g/mol. The van der Waals surface area contributed by atoms with E-state index in [1.807, 2.05) is 13.0 Å². The van der Waals surface area contributed by atoms with Crippen LogP contribution in [0.4, 0.5) is 0 Å². The largest absolute Gasteiger partial charge is 0.243 e. The lowest BCUT2D eigenvalue weighted by Crippen LogP contribution is -2.33. The molecule has 0 aromatic heterocycles. The molecule has 2 aromatic rings. The van der Waals surface area contributed by atoms with Crippen LogP contribution in [0.25, 0.3) is 0 Å². The zero-order valence-corrected chi connectivity index (χ0v) is 16.3. The van der Waals surface area contributed by atoms with E-state index >= 15 is 0 Å². The first-order valence-corrected chi connectivity index (χ1v) is 11.9. The van der Waals surface area contributed by atoms with Gasteiger partial charge >= 0.3 is 0 Å². The van der Waals surface area contributed by atoms with Gasteiger partial charge in [-0.25, -0.2) is 16.8 Å². The number of aryl methyl sites for hydroxylation is 1. The molecule has 1 atom stereocenters. The SMILES string of the molecule is CCc1ccc(S(=O)(=O)N2CCC(c3ccccc3)S(=O)(=O)CC2)cc1. The van der Waals surface area contributed by atoms with Gasteiger partial charge in [0.15, 0.2) is 9.84 Å². The van der Waals surface area contributed by atoms with Crippen molar-refractivity contribution >= 4 is 19.9 Å². The van der Waals surface area contributed by atoms with E-state index in [9.17, 15) is 16.8 Å². The van der Waals surface area contributed by atoms with Gasteiger partial charge in [-0.2, -0.15) is 4.31 Å². The summed E-state index contributed by atoms with van der Waals surface area (Å²) in [5, 5.41) is -0.661. The molecule has 0 spiro atoms. The van der Waals surface area contributed by atoms with Crippen LogP contribution < -0.4 is 0 Å². The minimum atomic E-state index is -3.70. The molecule has 0 bridgehead atoms. The highest BCUT2D eigenvalue weighted by atomic mass is 32.2. The Bertz CT molecular complexity index is 952. The molecule has 26 heavy (non-hydrogen) atoms. The highest BCUT2D eigenvalue weighted by Gasteiger charge is 2.35. The maximum atomic E-state index is 12.9. The van der Waals surface area contributed by atoms with Crippen molar-refractivity contribution in [3.05, 3.63) is 65.7 Å². The van der Waals surface area contributed by atoms with E-state index in [1.165, 1.54) is 4.31 Å². The van der Waals surface area contributed by atoms with Gasteiger partial charge in [-0.3, -0.25) is 0 Å². The molecule has 3 rings (SSSR count). The summed E-state index contributed by atoms with van der Waals surface area (Å²) in [6.45, 7) is 2.19. The van der Waals surface area contributed by atoms with Crippen molar-refractivity contribution in [3.8, 4) is 0 Å². The molecule has 0 saturated carbocycles. The summed E-state index contributed by atoms with van der Waals surface area (Å²) in [5.41, 5.74) is 1.78. The van der Waals surface area contributed by atoms with E-state index in [0.29, 0.717) is 0 Å². The summed E-state index contributed by atoms with van der Waals surface area (Å²) in [4.78, 5) is 0.213. The molecular formula is C19H23NO4S2. The van der Waals surface area contributed by atoms with Gasteiger partial charge in [0.1, 0.15) is 0 Å². The topological polar surface area (TPSA) is 71.5 Å². The van der Waals surface area contributed by atoms with Crippen molar-refractivity contribution in [1.82, 2.24) is 4.31 Å². The van der Waals surface area contributed by atoms with E-state index in [4.69, 9.17) is 0 Å². The first kappa shape index (κ1) is 19.1. The fourth-order valence-electron chi connectivity index (χ4n) is 3.25. The van der Waals surface area contributed by atoms with Crippen molar-refractivity contribution in [2.75, 3.05) is 18.8 Å². The highest BCUT2D eigenvalue weighted by Crippen LogP contribution is 2.31. The van der Waals surface area contributed by atoms with Gasteiger partial charge in [0, 0.05) is 13.1 Å². The predicted octanol–water partition coefficient (Wildman–Crippen LogP) is 2.80. The quantitative estimate of drug-likeness (QED) is 0.801. The van der Waals surface area contributed by atoms with Gasteiger partial charge in [-0.1, -0.05) is 49.4 Å². The lowest BCUT2D eigenvalue weighted by Gasteiger charge is -2.20.